The van der Waals surface area contributed by atoms with Crippen molar-refractivity contribution in [1.82, 2.24) is 0 Å². The fourth-order valence-electron chi connectivity index (χ4n) is 6.71. The lowest BCUT2D eigenvalue weighted by molar-refractivity contribution is -0.123. The Bertz CT molecular complexity index is 1600. The second-order valence-electron chi connectivity index (χ2n) is 10.6. The van der Waals surface area contributed by atoms with E-state index < -0.39 is 42.6 Å². The summed E-state index contributed by atoms with van der Waals surface area (Å²) in [5.74, 6) is -3.93. The number of ether oxygens (including phenoxy) is 1. The lowest BCUT2D eigenvalue weighted by Crippen LogP contribution is -2.40. The number of allylic oxidation sites excluding steroid dienone is 6. The molecule has 202 valence electrons. The highest BCUT2D eigenvalue weighted by Gasteiger charge is 2.56. The molecule has 2 amide bonds. The minimum Gasteiger partial charge on any atom is -0.507 e. The van der Waals surface area contributed by atoms with Crippen LogP contribution < -0.4 is 15.1 Å². The Morgan fingerprint density at radius 2 is 1.77 bits per heavy atom. The number of carbonyl (C=O) groups is 4. The van der Waals surface area contributed by atoms with E-state index in [1.807, 2.05) is 6.08 Å². The molecule has 2 aromatic rings. The van der Waals surface area contributed by atoms with Crippen molar-refractivity contribution in [2.24, 2.45) is 17.8 Å². The number of benzene rings is 2. The van der Waals surface area contributed by atoms with Gasteiger partial charge >= 0.3 is 7.12 Å². The van der Waals surface area contributed by atoms with Gasteiger partial charge in [-0.25, -0.2) is 0 Å². The fourth-order valence-corrected chi connectivity index (χ4v) is 6.71. The van der Waals surface area contributed by atoms with Gasteiger partial charge in [-0.05, 0) is 55.4 Å². The predicted octanol–water partition coefficient (Wildman–Crippen LogP) is 1.71. The molecular formula is C30H26BNO8. The molecule has 1 heterocycles. The summed E-state index contributed by atoms with van der Waals surface area (Å²) in [4.78, 5) is 55.4. The number of hydrogen-bond donors (Lipinski definition) is 3. The number of phenols is 1. The average molecular weight is 539 g/mol. The molecule has 4 atom stereocenters. The van der Waals surface area contributed by atoms with Crippen molar-refractivity contribution in [3.05, 3.63) is 82.5 Å². The van der Waals surface area contributed by atoms with Crippen LogP contribution in [0.15, 0.2) is 76.9 Å². The van der Waals surface area contributed by atoms with Crippen LogP contribution in [0.25, 0.3) is 0 Å². The van der Waals surface area contributed by atoms with E-state index in [0.29, 0.717) is 22.5 Å². The molecule has 1 aliphatic heterocycles. The molecule has 3 aliphatic carbocycles. The molecule has 4 aliphatic rings. The van der Waals surface area contributed by atoms with Crippen LogP contribution in [0.2, 0.25) is 0 Å². The van der Waals surface area contributed by atoms with Gasteiger partial charge in [-0.3, -0.25) is 24.1 Å². The van der Waals surface area contributed by atoms with Gasteiger partial charge in [-0.2, -0.15) is 0 Å². The molecule has 0 saturated carbocycles. The first-order valence-corrected chi connectivity index (χ1v) is 13.0. The summed E-state index contributed by atoms with van der Waals surface area (Å²) >= 11 is 0. The first-order valence-electron chi connectivity index (χ1n) is 13.0. The van der Waals surface area contributed by atoms with Crippen LogP contribution in [-0.2, 0) is 19.2 Å². The second kappa shape index (κ2) is 9.43. The zero-order chi connectivity index (χ0) is 28.5. The lowest BCUT2D eigenvalue weighted by Gasteiger charge is -2.42. The largest absolute Gasteiger partial charge is 0.507 e. The van der Waals surface area contributed by atoms with Gasteiger partial charge in [0.25, 0.3) is 0 Å². The number of anilines is 1. The highest BCUT2D eigenvalue weighted by molar-refractivity contribution is 6.58. The molecule has 6 rings (SSSR count). The van der Waals surface area contributed by atoms with Gasteiger partial charge in [0.15, 0.2) is 11.6 Å². The molecule has 1 fully saturated rings. The minimum atomic E-state index is -1.77. The summed E-state index contributed by atoms with van der Waals surface area (Å²) in [5, 5.41) is 30.2. The number of imide groups is 1. The van der Waals surface area contributed by atoms with Gasteiger partial charge in [0.05, 0.1) is 24.6 Å². The Kier molecular flexibility index (Phi) is 6.12. The maximum absolute atomic E-state index is 14.0. The van der Waals surface area contributed by atoms with E-state index in [1.54, 1.807) is 25.1 Å². The molecule has 0 aromatic heterocycles. The third-order valence-electron chi connectivity index (χ3n) is 8.54. The van der Waals surface area contributed by atoms with Crippen LogP contribution in [-0.4, -0.2) is 52.8 Å². The van der Waals surface area contributed by atoms with E-state index in [4.69, 9.17) is 4.74 Å². The number of nitrogens with zero attached hydrogens (tertiary/aromatic N) is 1. The third kappa shape index (κ3) is 3.78. The molecule has 0 unspecified atom stereocenters. The van der Waals surface area contributed by atoms with Gasteiger partial charge in [-0.1, -0.05) is 29.8 Å². The summed E-state index contributed by atoms with van der Waals surface area (Å²) in [6.45, 7) is 1.58. The van der Waals surface area contributed by atoms with E-state index in [-0.39, 0.29) is 46.9 Å². The number of Topliss-reactive ketones (excluding diaryl/α,β-unsaturated/α-hetero) is 1. The third-order valence-corrected chi connectivity index (χ3v) is 8.54. The molecule has 0 bridgehead atoms. The zero-order valence-electron chi connectivity index (χ0n) is 21.8. The fraction of sp³-hybridized carbons (Fsp3) is 0.267. The van der Waals surface area contributed by atoms with E-state index in [9.17, 15) is 34.3 Å². The molecular weight excluding hydrogens is 513 g/mol. The highest BCUT2D eigenvalue weighted by atomic mass is 16.5. The number of amides is 2. The Hall–Kier alpha value is -4.28. The van der Waals surface area contributed by atoms with E-state index >= 15 is 0 Å². The Balaban J connectivity index is 1.48. The van der Waals surface area contributed by atoms with Crippen molar-refractivity contribution >= 4 is 41.6 Å². The molecule has 9 nitrogen and oxygen atoms in total. The standard InChI is InChI=1S/C30H26BNO8/c1-14-10-24(34)27-22(28(14)35)13-21-18(25(27)19-7-6-17(40-2)12-23(19)33)8-9-20-26(21)30(37)32(29(20)36)16-5-3-4-15(11-16)31(38)39/h3-8,10-12,20-21,25-26,33,38-39H,9,13H2,1-2H3/t20-,21+,25+,26-/m0/s1. The smallest absolute Gasteiger partial charge is 0.488 e. The predicted molar refractivity (Wildman–Crippen MR) is 145 cm³/mol. The minimum absolute atomic E-state index is 0.110. The number of methoxy groups -OCH3 is 1. The van der Waals surface area contributed by atoms with E-state index in [0.717, 1.165) is 10.5 Å². The molecule has 3 N–H and O–H groups in total. The lowest BCUT2D eigenvalue weighted by atomic mass is 9.59. The number of fused-ring (bicyclic) bond motifs is 3. The number of ketones is 2. The summed E-state index contributed by atoms with van der Waals surface area (Å²) in [6.07, 6.45) is 3.55. The van der Waals surface area contributed by atoms with Crippen molar-refractivity contribution in [1.29, 1.82) is 0 Å². The maximum atomic E-state index is 14.0. The van der Waals surface area contributed by atoms with Gasteiger partial charge in [0.1, 0.15) is 11.5 Å². The van der Waals surface area contributed by atoms with Crippen molar-refractivity contribution in [3.8, 4) is 11.5 Å². The van der Waals surface area contributed by atoms with Gasteiger partial charge < -0.3 is 19.9 Å². The number of rotatable bonds is 4. The van der Waals surface area contributed by atoms with Crippen LogP contribution in [0, 0.1) is 17.8 Å². The number of carbonyl (C=O) groups excluding carboxylic acids is 4. The van der Waals surface area contributed by atoms with Crippen molar-refractivity contribution in [2.45, 2.75) is 25.7 Å². The molecule has 2 aromatic carbocycles. The van der Waals surface area contributed by atoms with Crippen molar-refractivity contribution < 1.29 is 39.1 Å². The summed E-state index contributed by atoms with van der Waals surface area (Å²) in [7, 11) is -0.297. The summed E-state index contributed by atoms with van der Waals surface area (Å²) in [6, 6.07) is 10.7. The van der Waals surface area contributed by atoms with Gasteiger partial charge in [-0.15, -0.1) is 0 Å². The van der Waals surface area contributed by atoms with E-state index in [2.05, 4.69) is 0 Å². The first-order chi connectivity index (χ1) is 19.1. The molecule has 0 radical (unpaired) electrons. The van der Waals surface area contributed by atoms with Crippen LogP contribution in [0.5, 0.6) is 11.5 Å². The zero-order valence-corrected chi connectivity index (χ0v) is 21.8. The molecule has 10 heteroatoms. The summed E-state index contributed by atoms with van der Waals surface area (Å²) < 4.78 is 5.23. The van der Waals surface area contributed by atoms with Gasteiger partial charge in [0, 0.05) is 34.3 Å². The van der Waals surface area contributed by atoms with Crippen LogP contribution in [0.4, 0.5) is 5.69 Å². The summed E-state index contributed by atoms with van der Waals surface area (Å²) in [5.41, 5.74) is 2.40. The Morgan fingerprint density at radius 3 is 2.48 bits per heavy atom. The highest BCUT2D eigenvalue weighted by Crippen LogP contribution is 2.56. The number of phenolic OH excluding ortho intramolecular Hbond substituents is 1. The maximum Gasteiger partial charge on any atom is 0.488 e. The molecule has 1 saturated heterocycles. The van der Waals surface area contributed by atoms with Crippen molar-refractivity contribution in [3.63, 3.8) is 0 Å². The molecule has 0 spiro atoms. The monoisotopic (exact) mass is 539 g/mol. The SMILES string of the molecule is COc1ccc([C@H]2C3=CC[C@@H]4C(=O)N(c5cccc(B(O)O)c5)C(=O)[C@@H]4[C@@H]3CC3=C2C(=O)C=C(C)C3=O)c(O)c1. The number of hydrogen-bond acceptors (Lipinski definition) is 8. The topological polar surface area (TPSA) is 141 Å². The van der Waals surface area contributed by atoms with Crippen molar-refractivity contribution in [2.75, 3.05) is 12.0 Å². The average Bonchev–Trinajstić information content (AvgIpc) is 3.20. The first kappa shape index (κ1) is 26.0. The van der Waals surface area contributed by atoms with Gasteiger partial charge in [0.2, 0.25) is 11.8 Å². The van der Waals surface area contributed by atoms with Crippen LogP contribution in [0.1, 0.15) is 31.2 Å². The Morgan fingerprint density at radius 1 is 1.00 bits per heavy atom. The quantitative estimate of drug-likeness (QED) is 0.231. The number of aromatic hydroxyl groups is 1. The Labute approximate surface area is 230 Å². The van der Waals surface area contributed by atoms with E-state index in [1.165, 1.54) is 37.5 Å². The normalized spacial score (nSPS) is 25.8. The second-order valence-corrected chi connectivity index (χ2v) is 10.6. The van der Waals surface area contributed by atoms with Crippen LogP contribution >= 0.6 is 0 Å². The van der Waals surface area contributed by atoms with Crippen LogP contribution in [0.3, 0.4) is 0 Å². The molecule has 40 heavy (non-hydrogen) atoms.